The van der Waals surface area contributed by atoms with Crippen molar-refractivity contribution >= 4 is 38.3 Å². The highest BCUT2D eigenvalue weighted by molar-refractivity contribution is 9.10. The van der Waals surface area contributed by atoms with Crippen molar-refractivity contribution in [2.24, 2.45) is 5.92 Å². The summed E-state index contributed by atoms with van der Waals surface area (Å²) in [7, 11) is 0. The highest BCUT2D eigenvalue weighted by Gasteiger charge is 2.29. The minimum absolute atomic E-state index is 0.154. The van der Waals surface area contributed by atoms with Gasteiger partial charge in [-0.15, -0.1) is 0 Å². The van der Waals surface area contributed by atoms with Crippen LogP contribution in [0.25, 0.3) is 10.8 Å². The molecule has 1 amide bonds. The van der Waals surface area contributed by atoms with Gasteiger partial charge in [0.15, 0.2) is 0 Å². The van der Waals surface area contributed by atoms with Gasteiger partial charge in [-0.1, -0.05) is 28.1 Å². The molecule has 1 aliphatic carbocycles. The van der Waals surface area contributed by atoms with Crippen LogP contribution in [-0.2, 0) is 4.79 Å². The summed E-state index contributed by atoms with van der Waals surface area (Å²) < 4.78 is 1.07. The number of benzene rings is 2. The molecular weight excluding hydrogens is 278 g/mol. The van der Waals surface area contributed by atoms with Crippen LogP contribution in [0.3, 0.4) is 0 Å². The Morgan fingerprint density at radius 3 is 2.59 bits per heavy atom. The number of nitrogens with one attached hydrogen (secondary N) is 1. The zero-order chi connectivity index (χ0) is 11.8. The lowest BCUT2D eigenvalue weighted by Crippen LogP contribution is -2.12. The first-order valence-electron chi connectivity index (χ1n) is 5.72. The molecule has 0 saturated heterocycles. The average molecular weight is 290 g/mol. The van der Waals surface area contributed by atoms with Gasteiger partial charge in [0.25, 0.3) is 0 Å². The largest absolute Gasteiger partial charge is 0.326 e. The number of carbonyl (C=O) groups excluding carboxylic acids is 1. The highest BCUT2D eigenvalue weighted by Crippen LogP contribution is 2.30. The van der Waals surface area contributed by atoms with Gasteiger partial charge in [-0.05, 0) is 47.9 Å². The third kappa shape index (κ3) is 2.34. The molecule has 3 heteroatoms. The molecule has 0 unspecified atom stereocenters. The topological polar surface area (TPSA) is 29.1 Å². The van der Waals surface area contributed by atoms with E-state index in [0.29, 0.717) is 0 Å². The third-order valence-electron chi connectivity index (χ3n) is 3.02. The van der Waals surface area contributed by atoms with E-state index in [1.165, 1.54) is 5.39 Å². The summed E-state index contributed by atoms with van der Waals surface area (Å²) in [4.78, 5) is 11.6. The maximum atomic E-state index is 11.6. The Morgan fingerprint density at radius 2 is 1.82 bits per heavy atom. The molecule has 1 fully saturated rings. The van der Waals surface area contributed by atoms with Crippen LogP contribution in [-0.4, -0.2) is 5.91 Å². The van der Waals surface area contributed by atoms with Gasteiger partial charge >= 0.3 is 0 Å². The van der Waals surface area contributed by atoms with Crippen LogP contribution in [0.1, 0.15) is 12.8 Å². The molecule has 0 spiro atoms. The molecule has 2 aromatic rings. The second-order valence-corrected chi connectivity index (χ2v) is 5.39. The Balaban J connectivity index is 1.90. The molecule has 3 rings (SSSR count). The molecule has 0 radical (unpaired) electrons. The first-order chi connectivity index (χ1) is 8.22. The molecule has 2 nitrogen and oxygen atoms in total. The second kappa shape index (κ2) is 4.15. The summed E-state index contributed by atoms with van der Waals surface area (Å²) in [6, 6.07) is 12.1. The number of anilines is 1. The van der Waals surface area contributed by atoms with E-state index in [0.717, 1.165) is 28.4 Å². The van der Waals surface area contributed by atoms with E-state index >= 15 is 0 Å². The maximum absolute atomic E-state index is 11.6. The van der Waals surface area contributed by atoms with Gasteiger partial charge in [0.05, 0.1) is 0 Å². The Morgan fingerprint density at radius 1 is 1.12 bits per heavy atom. The molecule has 1 saturated carbocycles. The standard InChI is InChI=1S/C14H12BrNO/c15-12-5-3-11-8-13(6-4-10(11)7-12)16-14(17)9-1-2-9/h3-9H,1-2H2,(H,16,17). The molecular formula is C14H12BrNO. The number of halogens is 1. The normalized spacial score (nSPS) is 14.9. The van der Waals surface area contributed by atoms with Gasteiger partial charge in [-0.3, -0.25) is 4.79 Å². The SMILES string of the molecule is O=C(Nc1ccc2cc(Br)ccc2c1)C1CC1. The summed E-state index contributed by atoms with van der Waals surface area (Å²) in [5, 5.41) is 5.27. The first kappa shape index (κ1) is 10.8. The highest BCUT2D eigenvalue weighted by atomic mass is 79.9. The van der Waals surface area contributed by atoms with E-state index in [-0.39, 0.29) is 11.8 Å². The third-order valence-corrected chi connectivity index (χ3v) is 3.51. The van der Waals surface area contributed by atoms with Crippen molar-refractivity contribution in [3.05, 3.63) is 40.9 Å². The minimum Gasteiger partial charge on any atom is -0.326 e. The van der Waals surface area contributed by atoms with Gasteiger partial charge in [-0.25, -0.2) is 0 Å². The van der Waals surface area contributed by atoms with E-state index in [1.807, 2.05) is 30.3 Å². The number of fused-ring (bicyclic) bond motifs is 1. The molecule has 1 aliphatic rings. The fourth-order valence-corrected chi connectivity index (χ4v) is 2.26. The Labute approximate surface area is 108 Å². The molecule has 17 heavy (non-hydrogen) atoms. The lowest BCUT2D eigenvalue weighted by molar-refractivity contribution is -0.117. The van der Waals surface area contributed by atoms with E-state index < -0.39 is 0 Å². The van der Waals surface area contributed by atoms with Crippen molar-refractivity contribution in [1.29, 1.82) is 0 Å². The molecule has 0 bridgehead atoms. The monoisotopic (exact) mass is 289 g/mol. The van der Waals surface area contributed by atoms with Gasteiger partial charge in [0.1, 0.15) is 0 Å². The quantitative estimate of drug-likeness (QED) is 0.891. The first-order valence-corrected chi connectivity index (χ1v) is 6.52. The summed E-state index contributed by atoms with van der Waals surface area (Å²) in [6.07, 6.45) is 2.07. The minimum atomic E-state index is 0.154. The summed E-state index contributed by atoms with van der Waals surface area (Å²) in [5.41, 5.74) is 0.886. The van der Waals surface area contributed by atoms with Crippen LogP contribution in [0.5, 0.6) is 0 Å². The number of carbonyl (C=O) groups is 1. The number of hydrogen-bond donors (Lipinski definition) is 1. The molecule has 1 N–H and O–H groups in total. The van der Waals surface area contributed by atoms with Gasteiger partial charge in [-0.2, -0.15) is 0 Å². The summed E-state index contributed by atoms with van der Waals surface area (Å²) in [5.74, 6) is 0.400. The maximum Gasteiger partial charge on any atom is 0.227 e. The van der Waals surface area contributed by atoms with Crippen LogP contribution in [0.15, 0.2) is 40.9 Å². The van der Waals surface area contributed by atoms with Crippen molar-refractivity contribution in [1.82, 2.24) is 0 Å². The van der Waals surface area contributed by atoms with Crippen molar-refractivity contribution in [2.75, 3.05) is 5.32 Å². The van der Waals surface area contributed by atoms with Crippen molar-refractivity contribution in [3.63, 3.8) is 0 Å². The lowest BCUT2D eigenvalue weighted by Gasteiger charge is -2.06. The summed E-state index contributed by atoms with van der Waals surface area (Å²) >= 11 is 3.45. The predicted molar refractivity (Wildman–Crippen MR) is 73.0 cm³/mol. The van der Waals surface area contributed by atoms with Crippen LogP contribution in [0.4, 0.5) is 5.69 Å². The van der Waals surface area contributed by atoms with E-state index in [1.54, 1.807) is 0 Å². The lowest BCUT2D eigenvalue weighted by atomic mass is 10.1. The smallest absolute Gasteiger partial charge is 0.227 e. The molecule has 0 atom stereocenters. The van der Waals surface area contributed by atoms with Gasteiger partial charge in [0, 0.05) is 16.1 Å². The predicted octanol–water partition coefficient (Wildman–Crippen LogP) is 3.95. The molecule has 86 valence electrons. The molecule has 0 aromatic heterocycles. The second-order valence-electron chi connectivity index (χ2n) is 4.47. The van der Waals surface area contributed by atoms with Crippen LogP contribution >= 0.6 is 15.9 Å². The molecule has 2 aromatic carbocycles. The Bertz CT molecular complexity index is 590. The summed E-state index contributed by atoms with van der Waals surface area (Å²) in [6.45, 7) is 0. The van der Waals surface area contributed by atoms with Gasteiger partial charge in [0.2, 0.25) is 5.91 Å². The van der Waals surface area contributed by atoms with Crippen LogP contribution in [0, 0.1) is 5.92 Å². The Kier molecular flexibility index (Phi) is 2.63. The van der Waals surface area contributed by atoms with E-state index in [2.05, 4.69) is 27.3 Å². The average Bonchev–Trinajstić information content (AvgIpc) is 3.13. The van der Waals surface area contributed by atoms with Crippen LogP contribution in [0.2, 0.25) is 0 Å². The van der Waals surface area contributed by atoms with E-state index in [9.17, 15) is 4.79 Å². The van der Waals surface area contributed by atoms with Crippen molar-refractivity contribution < 1.29 is 4.79 Å². The number of hydrogen-bond acceptors (Lipinski definition) is 1. The van der Waals surface area contributed by atoms with Crippen LogP contribution < -0.4 is 5.32 Å². The van der Waals surface area contributed by atoms with E-state index in [4.69, 9.17) is 0 Å². The molecule has 0 aliphatic heterocycles. The fourth-order valence-electron chi connectivity index (χ4n) is 1.88. The fraction of sp³-hybridized carbons (Fsp3) is 0.214. The molecule has 0 heterocycles. The zero-order valence-corrected chi connectivity index (χ0v) is 10.8. The zero-order valence-electron chi connectivity index (χ0n) is 9.24. The van der Waals surface area contributed by atoms with Crippen molar-refractivity contribution in [2.45, 2.75) is 12.8 Å². The number of rotatable bonds is 2. The van der Waals surface area contributed by atoms with Gasteiger partial charge < -0.3 is 5.32 Å². The number of amides is 1. The Hall–Kier alpha value is -1.35. The van der Waals surface area contributed by atoms with Crippen molar-refractivity contribution in [3.8, 4) is 0 Å².